The Balaban J connectivity index is 1.68. The van der Waals surface area contributed by atoms with E-state index in [0.717, 1.165) is 49.5 Å². The van der Waals surface area contributed by atoms with Gasteiger partial charge in [0.25, 0.3) is 0 Å². The van der Waals surface area contributed by atoms with Crippen molar-refractivity contribution in [2.24, 2.45) is 0 Å². The summed E-state index contributed by atoms with van der Waals surface area (Å²) in [5.41, 5.74) is 2.76. The highest BCUT2D eigenvalue weighted by Crippen LogP contribution is 2.25. The van der Waals surface area contributed by atoms with Gasteiger partial charge in [-0.2, -0.15) is 0 Å². The van der Waals surface area contributed by atoms with Crippen LogP contribution >= 0.6 is 0 Å². The molecule has 3 rings (SSSR count). The van der Waals surface area contributed by atoms with Crippen molar-refractivity contribution in [1.82, 2.24) is 10.1 Å². The number of quaternary nitrogens is 1. The summed E-state index contributed by atoms with van der Waals surface area (Å²) in [6.45, 7) is 7.77. The fourth-order valence-corrected chi connectivity index (χ4v) is 2.96. The predicted octanol–water partition coefficient (Wildman–Crippen LogP) is 1.04. The first kappa shape index (κ1) is 15.7. The van der Waals surface area contributed by atoms with Crippen LogP contribution in [0.5, 0.6) is 0 Å². The molecule has 1 aliphatic heterocycles. The third-order valence-electron chi connectivity index (χ3n) is 4.46. The fraction of sp³-hybridized carbons (Fsp3) is 0.412. The van der Waals surface area contributed by atoms with Crippen molar-refractivity contribution in [3.05, 3.63) is 41.3 Å². The zero-order chi connectivity index (χ0) is 16.4. The molecule has 122 valence electrons. The van der Waals surface area contributed by atoms with Crippen LogP contribution in [0.15, 0.2) is 28.8 Å². The lowest BCUT2D eigenvalue weighted by Crippen LogP contribution is -3.13. The maximum absolute atomic E-state index is 13.0. The number of carbonyl (C=O) groups is 1. The van der Waals surface area contributed by atoms with Crippen LogP contribution < -0.4 is 4.90 Å². The molecule has 0 bridgehead atoms. The molecule has 5 nitrogen and oxygen atoms in total. The molecule has 0 aliphatic carbocycles. The Morgan fingerprint density at radius 2 is 1.96 bits per heavy atom. The first-order valence-electron chi connectivity index (χ1n) is 7.85. The molecule has 0 spiro atoms. The molecule has 2 heterocycles. The van der Waals surface area contributed by atoms with Gasteiger partial charge in [-0.05, 0) is 31.2 Å². The molecule has 0 radical (unpaired) electrons. The van der Waals surface area contributed by atoms with Crippen LogP contribution in [0.25, 0.3) is 11.3 Å². The van der Waals surface area contributed by atoms with E-state index in [1.165, 1.54) is 17.0 Å². The number of rotatable bonds is 3. The third kappa shape index (κ3) is 3.42. The number of hydrogen-bond acceptors (Lipinski definition) is 3. The Morgan fingerprint density at radius 3 is 2.57 bits per heavy atom. The molecule has 1 aromatic carbocycles. The SMILES string of the molecule is CC(=O)N1CC[NH+](Cc2noc(-c3ccc(F)cc3)c2C)CC1. The number of piperazine rings is 1. The van der Waals surface area contributed by atoms with Gasteiger partial charge in [-0.3, -0.25) is 4.79 Å². The van der Waals surface area contributed by atoms with Crippen molar-refractivity contribution in [3.63, 3.8) is 0 Å². The van der Waals surface area contributed by atoms with Crippen LogP contribution in [0.1, 0.15) is 18.2 Å². The van der Waals surface area contributed by atoms with Gasteiger partial charge in [0.05, 0.1) is 26.2 Å². The summed E-state index contributed by atoms with van der Waals surface area (Å²) < 4.78 is 18.5. The number of aromatic nitrogens is 1. The quantitative estimate of drug-likeness (QED) is 0.920. The zero-order valence-electron chi connectivity index (χ0n) is 13.4. The first-order chi connectivity index (χ1) is 11.0. The predicted molar refractivity (Wildman–Crippen MR) is 83.3 cm³/mol. The number of halogens is 1. The zero-order valence-corrected chi connectivity index (χ0v) is 13.4. The fourth-order valence-electron chi connectivity index (χ4n) is 2.96. The summed E-state index contributed by atoms with van der Waals surface area (Å²) in [5.74, 6) is 0.570. The van der Waals surface area contributed by atoms with Crippen molar-refractivity contribution in [2.45, 2.75) is 20.4 Å². The van der Waals surface area contributed by atoms with E-state index in [9.17, 15) is 9.18 Å². The largest absolute Gasteiger partial charge is 0.356 e. The summed E-state index contributed by atoms with van der Waals surface area (Å²) in [6, 6.07) is 6.24. The molecule has 1 aliphatic rings. The molecule has 1 fully saturated rings. The molecule has 1 amide bonds. The second kappa shape index (κ2) is 6.50. The number of carbonyl (C=O) groups excluding carboxylic acids is 1. The second-order valence-corrected chi connectivity index (χ2v) is 6.02. The van der Waals surface area contributed by atoms with E-state index in [-0.39, 0.29) is 11.7 Å². The summed E-state index contributed by atoms with van der Waals surface area (Å²) >= 11 is 0. The Kier molecular flexibility index (Phi) is 4.43. The normalized spacial score (nSPS) is 15.9. The highest BCUT2D eigenvalue weighted by molar-refractivity contribution is 5.73. The number of nitrogens with zero attached hydrogens (tertiary/aromatic N) is 2. The topological polar surface area (TPSA) is 50.8 Å². The van der Waals surface area contributed by atoms with E-state index in [1.807, 2.05) is 11.8 Å². The van der Waals surface area contributed by atoms with E-state index in [1.54, 1.807) is 19.1 Å². The smallest absolute Gasteiger partial charge is 0.219 e. The van der Waals surface area contributed by atoms with Crippen LogP contribution in [0.2, 0.25) is 0 Å². The van der Waals surface area contributed by atoms with Crippen molar-refractivity contribution < 1.29 is 18.6 Å². The summed E-state index contributed by atoms with van der Waals surface area (Å²) in [5, 5.41) is 4.19. The molecular weight excluding hydrogens is 297 g/mol. The van der Waals surface area contributed by atoms with Crippen LogP contribution in [0.3, 0.4) is 0 Å². The number of hydrogen-bond donors (Lipinski definition) is 1. The summed E-state index contributed by atoms with van der Waals surface area (Å²) in [7, 11) is 0. The molecule has 0 unspecified atom stereocenters. The maximum Gasteiger partial charge on any atom is 0.219 e. The highest BCUT2D eigenvalue weighted by Gasteiger charge is 2.24. The highest BCUT2D eigenvalue weighted by atomic mass is 19.1. The van der Waals surface area contributed by atoms with Crippen molar-refractivity contribution in [3.8, 4) is 11.3 Å². The van der Waals surface area contributed by atoms with Gasteiger partial charge < -0.3 is 14.3 Å². The lowest BCUT2D eigenvalue weighted by Gasteiger charge is -2.31. The molecule has 0 saturated carbocycles. The third-order valence-corrected chi connectivity index (χ3v) is 4.46. The lowest BCUT2D eigenvalue weighted by molar-refractivity contribution is -0.918. The molecule has 23 heavy (non-hydrogen) atoms. The van der Waals surface area contributed by atoms with E-state index in [4.69, 9.17) is 4.52 Å². The average molecular weight is 318 g/mol. The standard InChI is InChI=1S/C17H20FN3O2/c1-12-16(11-20-7-9-21(10-8-20)13(2)22)19-23-17(12)14-3-5-15(18)6-4-14/h3-6H,7-11H2,1-2H3/p+1. The van der Waals surface area contributed by atoms with Gasteiger partial charge in [0.2, 0.25) is 5.91 Å². The molecular formula is C17H21FN3O2+. The van der Waals surface area contributed by atoms with Crippen LogP contribution in [0.4, 0.5) is 4.39 Å². The Morgan fingerprint density at radius 1 is 1.30 bits per heavy atom. The van der Waals surface area contributed by atoms with Crippen molar-refractivity contribution in [1.29, 1.82) is 0 Å². The van der Waals surface area contributed by atoms with Crippen LogP contribution in [-0.4, -0.2) is 42.1 Å². The molecule has 6 heteroatoms. The number of nitrogens with one attached hydrogen (secondary N) is 1. The van der Waals surface area contributed by atoms with Gasteiger partial charge >= 0.3 is 0 Å². The van der Waals surface area contributed by atoms with Crippen LogP contribution in [-0.2, 0) is 11.3 Å². The summed E-state index contributed by atoms with van der Waals surface area (Å²) in [4.78, 5) is 14.6. The monoisotopic (exact) mass is 318 g/mol. The maximum atomic E-state index is 13.0. The van der Waals surface area contributed by atoms with E-state index >= 15 is 0 Å². The van der Waals surface area contributed by atoms with Crippen molar-refractivity contribution in [2.75, 3.05) is 26.2 Å². The molecule has 2 aromatic rings. The lowest BCUT2D eigenvalue weighted by atomic mass is 10.1. The molecule has 1 aromatic heterocycles. The van der Waals surface area contributed by atoms with Gasteiger partial charge in [0.1, 0.15) is 18.1 Å². The number of benzene rings is 1. The first-order valence-corrected chi connectivity index (χ1v) is 7.85. The minimum atomic E-state index is -0.265. The van der Waals surface area contributed by atoms with Gasteiger partial charge in [0, 0.05) is 18.1 Å². The molecule has 1 saturated heterocycles. The number of amides is 1. The van der Waals surface area contributed by atoms with E-state index < -0.39 is 0 Å². The van der Waals surface area contributed by atoms with E-state index in [2.05, 4.69) is 5.16 Å². The van der Waals surface area contributed by atoms with Gasteiger partial charge in [-0.25, -0.2) is 4.39 Å². The minimum absolute atomic E-state index is 0.139. The molecule has 1 N–H and O–H groups in total. The Hall–Kier alpha value is -2.21. The molecule has 0 atom stereocenters. The van der Waals surface area contributed by atoms with Gasteiger partial charge in [-0.15, -0.1) is 0 Å². The van der Waals surface area contributed by atoms with Crippen LogP contribution in [0, 0.1) is 12.7 Å². The average Bonchev–Trinajstić information content (AvgIpc) is 2.90. The second-order valence-electron chi connectivity index (χ2n) is 6.02. The summed E-state index contributed by atoms with van der Waals surface area (Å²) in [6.07, 6.45) is 0. The van der Waals surface area contributed by atoms with Gasteiger partial charge in [-0.1, -0.05) is 5.16 Å². The van der Waals surface area contributed by atoms with Crippen molar-refractivity contribution >= 4 is 5.91 Å². The minimum Gasteiger partial charge on any atom is -0.356 e. The Labute approximate surface area is 134 Å². The van der Waals surface area contributed by atoms with E-state index in [0.29, 0.717) is 5.76 Å². The van der Waals surface area contributed by atoms with Gasteiger partial charge in [0.15, 0.2) is 5.76 Å². The Bertz CT molecular complexity index is 688.